The predicted molar refractivity (Wildman–Crippen MR) is 97.1 cm³/mol. The first kappa shape index (κ1) is 18.0. The number of aryl methyl sites for hydroxylation is 1. The molecule has 0 spiro atoms. The number of nitrogens with one attached hydrogen (secondary N) is 2. The molecule has 6 heteroatoms. The summed E-state index contributed by atoms with van der Waals surface area (Å²) in [6, 6.07) is 8.57. The van der Waals surface area contributed by atoms with Crippen LogP contribution in [0.5, 0.6) is 0 Å². The van der Waals surface area contributed by atoms with Crippen molar-refractivity contribution in [3.8, 4) is 11.5 Å². The first-order valence-corrected chi connectivity index (χ1v) is 8.59. The molecule has 2 N–H and O–H groups in total. The summed E-state index contributed by atoms with van der Waals surface area (Å²) in [6.45, 7) is 9.88. The van der Waals surface area contributed by atoms with Gasteiger partial charge in [0.25, 0.3) is 5.89 Å². The summed E-state index contributed by atoms with van der Waals surface area (Å²) < 4.78 is 5.26. The highest BCUT2D eigenvalue weighted by molar-refractivity contribution is 5.79. The third-order valence-electron chi connectivity index (χ3n) is 3.43. The maximum absolute atomic E-state index is 5.26. The normalized spacial score (nSPS) is 11.8. The number of aliphatic imine (C=N–C) groups is 1. The van der Waals surface area contributed by atoms with Crippen LogP contribution in [0.2, 0.25) is 0 Å². The molecule has 0 saturated heterocycles. The van der Waals surface area contributed by atoms with Crippen molar-refractivity contribution in [3.05, 3.63) is 35.7 Å². The highest BCUT2D eigenvalue weighted by atomic mass is 16.5. The summed E-state index contributed by atoms with van der Waals surface area (Å²) in [5.41, 5.74) is 2.18. The van der Waals surface area contributed by atoms with Crippen molar-refractivity contribution in [3.63, 3.8) is 0 Å². The predicted octanol–water partition coefficient (Wildman–Crippen LogP) is 2.81. The Morgan fingerprint density at radius 1 is 1.21 bits per heavy atom. The molecule has 1 heterocycles. The molecule has 130 valence electrons. The highest BCUT2D eigenvalue weighted by Crippen LogP contribution is 2.18. The van der Waals surface area contributed by atoms with Gasteiger partial charge in [-0.25, -0.2) is 0 Å². The second-order valence-corrected chi connectivity index (χ2v) is 5.88. The molecule has 0 aliphatic carbocycles. The summed E-state index contributed by atoms with van der Waals surface area (Å²) in [4.78, 5) is 8.94. The van der Waals surface area contributed by atoms with E-state index in [0.29, 0.717) is 11.9 Å². The Morgan fingerprint density at radius 3 is 2.54 bits per heavy atom. The fraction of sp³-hybridized carbons (Fsp3) is 0.500. The fourth-order valence-electron chi connectivity index (χ4n) is 2.22. The topological polar surface area (TPSA) is 75.3 Å². The lowest BCUT2D eigenvalue weighted by atomic mass is 10.1. The Bertz CT molecular complexity index is 646. The van der Waals surface area contributed by atoms with Crippen molar-refractivity contribution in [1.29, 1.82) is 0 Å². The highest BCUT2D eigenvalue weighted by Gasteiger charge is 2.07. The van der Waals surface area contributed by atoms with Crippen LogP contribution in [0.4, 0.5) is 0 Å². The maximum atomic E-state index is 5.26. The van der Waals surface area contributed by atoms with E-state index in [1.54, 1.807) is 0 Å². The molecule has 0 radical (unpaired) electrons. The molecule has 2 aromatic rings. The van der Waals surface area contributed by atoms with E-state index < -0.39 is 0 Å². The number of guanidine groups is 1. The number of hydrogen-bond acceptors (Lipinski definition) is 4. The lowest BCUT2D eigenvalue weighted by Crippen LogP contribution is -2.41. The van der Waals surface area contributed by atoms with Gasteiger partial charge in [0.05, 0.1) is 0 Å². The summed E-state index contributed by atoms with van der Waals surface area (Å²) in [7, 11) is 0. The van der Waals surface area contributed by atoms with E-state index >= 15 is 0 Å². The largest absolute Gasteiger partial charge is 0.357 e. The van der Waals surface area contributed by atoms with Gasteiger partial charge in [0.15, 0.2) is 11.8 Å². The molecule has 6 nitrogen and oxygen atoms in total. The molecule has 0 atom stereocenters. The molecule has 0 saturated carbocycles. The smallest absolute Gasteiger partial charge is 0.257 e. The van der Waals surface area contributed by atoms with Crippen LogP contribution in [0.3, 0.4) is 0 Å². The molecular formula is C18H27N5O. The molecule has 0 amide bonds. The van der Waals surface area contributed by atoms with Gasteiger partial charge in [-0.1, -0.05) is 24.2 Å². The van der Waals surface area contributed by atoms with Crippen LogP contribution in [0.15, 0.2) is 33.8 Å². The molecule has 0 bridgehead atoms. The summed E-state index contributed by atoms with van der Waals surface area (Å²) >= 11 is 0. The van der Waals surface area contributed by atoms with E-state index in [1.165, 1.54) is 5.56 Å². The second kappa shape index (κ2) is 9.05. The molecule has 0 unspecified atom stereocenters. The van der Waals surface area contributed by atoms with Crippen LogP contribution in [-0.4, -0.2) is 35.2 Å². The second-order valence-electron chi connectivity index (χ2n) is 5.88. The van der Waals surface area contributed by atoms with Gasteiger partial charge in [0.2, 0.25) is 0 Å². The van der Waals surface area contributed by atoms with E-state index in [4.69, 9.17) is 4.52 Å². The monoisotopic (exact) mass is 329 g/mol. The van der Waals surface area contributed by atoms with E-state index in [0.717, 1.165) is 43.3 Å². The number of aromatic nitrogens is 2. The molecule has 0 aliphatic rings. The van der Waals surface area contributed by atoms with Gasteiger partial charge < -0.3 is 15.2 Å². The summed E-state index contributed by atoms with van der Waals surface area (Å²) in [6.07, 6.45) is 1.66. The molecule has 0 aliphatic heterocycles. The summed E-state index contributed by atoms with van der Waals surface area (Å²) in [5, 5.41) is 10.5. The molecular weight excluding hydrogens is 302 g/mol. The SMILES string of the molecule is CCNC(=NCCc1ccc(-c2nc(CC)no2)cc1)NC(C)C. The quantitative estimate of drug-likeness (QED) is 0.603. The Kier molecular flexibility index (Phi) is 6.78. The third kappa shape index (κ3) is 5.37. The van der Waals surface area contributed by atoms with Crippen molar-refractivity contribution >= 4 is 5.96 Å². The average Bonchev–Trinajstić information content (AvgIpc) is 3.04. The van der Waals surface area contributed by atoms with Crippen LogP contribution in [0.25, 0.3) is 11.5 Å². The first-order valence-electron chi connectivity index (χ1n) is 8.59. The number of nitrogens with zero attached hydrogens (tertiary/aromatic N) is 3. The van der Waals surface area contributed by atoms with Crippen LogP contribution in [0.1, 0.15) is 39.1 Å². The van der Waals surface area contributed by atoms with Crippen molar-refractivity contribution in [2.75, 3.05) is 13.1 Å². The summed E-state index contributed by atoms with van der Waals surface area (Å²) in [5.74, 6) is 2.17. The molecule has 1 aromatic heterocycles. The minimum Gasteiger partial charge on any atom is -0.357 e. The molecule has 0 fully saturated rings. The number of hydrogen-bond donors (Lipinski definition) is 2. The van der Waals surface area contributed by atoms with Crippen molar-refractivity contribution in [1.82, 2.24) is 20.8 Å². The van der Waals surface area contributed by atoms with Crippen LogP contribution in [-0.2, 0) is 12.8 Å². The number of benzene rings is 1. The van der Waals surface area contributed by atoms with Gasteiger partial charge in [-0.05, 0) is 44.9 Å². The third-order valence-corrected chi connectivity index (χ3v) is 3.43. The zero-order chi connectivity index (χ0) is 17.4. The van der Waals surface area contributed by atoms with Crippen molar-refractivity contribution in [2.24, 2.45) is 4.99 Å². The molecule has 2 rings (SSSR count). The van der Waals surface area contributed by atoms with Crippen molar-refractivity contribution in [2.45, 2.75) is 46.6 Å². The Labute approximate surface area is 143 Å². The van der Waals surface area contributed by atoms with E-state index in [1.807, 2.05) is 19.1 Å². The van der Waals surface area contributed by atoms with E-state index in [2.05, 4.69) is 58.7 Å². The first-order chi connectivity index (χ1) is 11.6. The average molecular weight is 329 g/mol. The van der Waals surface area contributed by atoms with Crippen LogP contribution in [0, 0.1) is 0 Å². The van der Waals surface area contributed by atoms with E-state index in [9.17, 15) is 0 Å². The van der Waals surface area contributed by atoms with E-state index in [-0.39, 0.29) is 0 Å². The zero-order valence-corrected chi connectivity index (χ0v) is 15.0. The lowest BCUT2D eigenvalue weighted by Gasteiger charge is -2.13. The Hall–Kier alpha value is -2.37. The maximum Gasteiger partial charge on any atom is 0.257 e. The Balaban J connectivity index is 1.93. The zero-order valence-electron chi connectivity index (χ0n) is 15.0. The lowest BCUT2D eigenvalue weighted by molar-refractivity contribution is 0.423. The fourth-order valence-corrected chi connectivity index (χ4v) is 2.22. The van der Waals surface area contributed by atoms with Gasteiger partial charge in [0, 0.05) is 31.1 Å². The van der Waals surface area contributed by atoms with Crippen molar-refractivity contribution < 1.29 is 4.52 Å². The van der Waals surface area contributed by atoms with Crippen LogP contribution >= 0.6 is 0 Å². The van der Waals surface area contributed by atoms with Gasteiger partial charge in [-0.15, -0.1) is 0 Å². The van der Waals surface area contributed by atoms with Gasteiger partial charge >= 0.3 is 0 Å². The molecule has 1 aromatic carbocycles. The minimum absolute atomic E-state index is 0.365. The van der Waals surface area contributed by atoms with Crippen LogP contribution < -0.4 is 10.6 Å². The van der Waals surface area contributed by atoms with Gasteiger partial charge in [-0.2, -0.15) is 4.98 Å². The Morgan fingerprint density at radius 2 is 1.96 bits per heavy atom. The number of rotatable bonds is 7. The van der Waals surface area contributed by atoms with Gasteiger partial charge in [0.1, 0.15) is 0 Å². The minimum atomic E-state index is 0.365. The molecule has 24 heavy (non-hydrogen) atoms. The van der Waals surface area contributed by atoms with Gasteiger partial charge in [-0.3, -0.25) is 4.99 Å². The standard InChI is InChI=1S/C18H27N5O/c1-5-16-22-17(24-23-16)15-9-7-14(8-10-15)11-12-20-18(19-6-2)21-13(3)4/h7-10,13H,5-6,11-12H2,1-4H3,(H2,19,20,21).